The van der Waals surface area contributed by atoms with Gasteiger partial charge in [0.25, 0.3) is 0 Å². The number of carbonyl (C=O) groups is 2. The Hall–Kier alpha value is -1.84. The summed E-state index contributed by atoms with van der Waals surface area (Å²) in [4.78, 5) is 21.7. The van der Waals surface area contributed by atoms with Gasteiger partial charge in [-0.15, -0.1) is 0 Å². The fourth-order valence-corrected chi connectivity index (χ4v) is 1.42. The molecule has 4 nitrogen and oxygen atoms in total. The third-order valence-electron chi connectivity index (χ3n) is 2.40. The van der Waals surface area contributed by atoms with Crippen molar-refractivity contribution in [2.45, 2.75) is 32.6 Å². The smallest absolute Gasteiger partial charge is 0.303 e. The second-order valence-electron chi connectivity index (χ2n) is 4.22. The third kappa shape index (κ3) is 4.68. The Morgan fingerprint density at radius 2 is 2.00 bits per heavy atom. The monoisotopic (exact) mass is 235 g/mol. The van der Waals surface area contributed by atoms with Crippen molar-refractivity contribution >= 4 is 17.6 Å². The Morgan fingerprint density at radius 3 is 2.59 bits per heavy atom. The molecule has 1 aromatic carbocycles. The summed E-state index contributed by atoms with van der Waals surface area (Å²) < 4.78 is 0. The number of hydrogen-bond donors (Lipinski definition) is 2. The lowest BCUT2D eigenvalue weighted by Gasteiger charge is -2.09. The van der Waals surface area contributed by atoms with Gasteiger partial charge in [0.1, 0.15) is 0 Å². The largest absolute Gasteiger partial charge is 0.481 e. The molecule has 1 aromatic rings. The molecule has 4 heteroatoms. The maximum absolute atomic E-state index is 11.4. The number of carboxylic acid groups (broad SMARTS) is 1. The molecule has 0 atom stereocenters. The first kappa shape index (κ1) is 13.2. The summed E-state index contributed by atoms with van der Waals surface area (Å²) in [6.45, 7) is 4.15. The van der Waals surface area contributed by atoms with Crippen molar-refractivity contribution in [3.63, 3.8) is 0 Å². The molecule has 0 aliphatic rings. The summed E-state index contributed by atoms with van der Waals surface area (Å²) >= 11 is 0. The van der Waals surface area contributed by atoms with Crippen LogP contribution in [-0.4, -0.2) is 17.0 Å². The molecule has 0 spiro atoms. The molecular formula is C13H17NO3. The summed E-state index contributed by atoms with van der Waals surface area (Å²) in [5.74, 6) is -0.838. The number of carboxylic acids is 1. The Labute approximate surface area is 101 Å². The van der Waals surface area contributed by atoms with E-state index in [0.717, 1.165) is 5.56 Å². The lowest BCUT2D eigenvalue weighted by Crippen LogP contribution is -2.13. The van der Waals surface area contributed by atoms with E-state index in [1.54, 1.807) is 6.07 Å². The second kappa shape index (κ2) is 6.03. The Kier molecular flexibility index (Phi) is 4.69. The normalized spacial score (nSPS) is 10.3. The van der Waals surface area contributed by atoms with Crippen molar-refractivity contribution in [1.29, 1.82) is 0 Å². The lowest BCUT2D eigenvalue weighted by atomic mass is 10.0. The van der Waals surface area contributed by atoms with E-state index in [0.29, 0.717) is 11.6 Å². The minimum atomic E-state index is -0.962. The first-order valence-corrected chi connectivity index (χ1v) is 5.60. The standard InChI is InChI=1S/C13H17NO3/c1-9(2)10-4-3-5-11(8-10)14-12(15)6-7-13(16)17/h3-5,8-9H,6-7H2,1-2H3,(H,14,15)(H,16,17). The van der Waals surface area contributed by atoms with E-state index in [4.69, 9.17) is 5.11 Å². The Morgan fingerprint density at radius 1 is 1.29 bits per heavy atom. The van der Waals surface area contributed by atoms with Gasteiger partial charge in [0, 0.05) is 12.1 Å². The predicted octanol–water partition coefficient (Wildman–Crippen LogP) is 2.61. The second-order valence-corrected chi connectivity index (χ2v) is 4.22. The molecule has 0 saturated carbocycles. The van der Waals surface area contributed by atoms with E-state index >= 15 is 0 Å². The molecule has 0 aliphatic carbocycles. The van der Waals surface area contributed by atoms with Crippen LogP contribution in [0.2, 0.25) is 0 Å². The van der Waals surface area contributed by atoms with E-state index < -0.39 is 5.97 Å². The van der Waals surface area contributed by atoms with Crippen LogP contribution in [0.1, 0.15) is 38.2 Å². The summed E-state index contributed by atoms with van der Waals surface area (Å²) in [6, 6.07) is 7.58. The molecule has 0 aromatic heterocycles. The average Bonchev–Trinajstić information content (AvgIpc) is 2.26. The molecule has 92 valence electrons. The SMILES string of the molecule is CC(C)c1cccc(NC(=O)CCC(=O)O)c1. The van der Waals surface area contributed by atoms with Crippen LogP contribution < -0.4 is 5.32 Å². The molecule has 0 bridgehead atoms. The molecule has 0 radical (unpaired) electrons. The third-order valence-corrected chi connectivity index (χ3v) is 2.40. The van der Waals surface area contributed by atoms with Gasteiger partial charge in [0.05, 0.1) is 6.42 Å². The molecular weight excluding hydrogens is 218 g/mol. The van der Waals surface area contributed by atoms with Crippen LogP contribution in [0.4, 0.5) is 5.69 Å². The van der Waals surface area contributed by atoms with E-state index in [1.807, 2.05) is 18.2 Å². The van der Waals surface area contributed by atoms with Gasteiger partial charge in [-0.25, -0.2) is 0 Å². The molecule has 0 heterocycles. The number of rotatable bonds is 5. The first-order chi connectivity index (χ1) is 7.99. The quantitative estimate of drug-likeness (QED) is 0.824. The molecule has 0 saturated heterocycles. The van der Waals surface area contributed by atoms with Gasteiger partial charge < -0.3 is 10.4 Å². The maximum Gasteiger partial charge on any atom is 0.303 e. The number of hydrogen-bond acceptors (Lipinski definition) is 2. The van der Waals surface area contributed by atoms with E-state index in [9.17, 15) is 9.59 Å². The van der Waals surface area contributed by atoms with Gasteiger partial charge >= 0.3 is 5.97 Å². The number of nitrogens with one attached hydrogen (secondary N) is 1. The van der Waals surface area contributed by atoms with Crippen molar-refractivity contribution in [3.8, 4) is 0 Å². The van der Waals surface area contributed by atoms with Gasteiger partial charge in [-0.3, -0.25) is 9.59 Å². The highest BCUT2D eigenvalue weighted by molar-refractivity contribution is 5.92. The van der Waals surface area contributed by atoms with Crippen molar-refractivity contribution in [1.82, 2.24) is 0 Å². The lowest BCUT2D eigenvalue weighted by molar-refractivity contribution is -0.138. The van der Waals surface area contributed by atoms with Crippen LogP contribution in [0.15, 0.2) is 24.3 Å². The summed E-state index contributed by atoms with van der Waals surface area (Å²) in [7, 11) is 0. The Bertz CT molecular complexity index is 413. The van der Waals surface area contributed by atoms with Gasteiger partial charge in [0.15, 0.2) is 0 Å². The van der Waals surface area contributed by atoms with Gasteiger partial charge in [-0.1, -0.05) is 26.0 Å². The number of amides is 1. The zero-order chi connectivity index (χ0) is 12.8. The topological polar surface area (TPSA) is 66.4 Å². The number of aliphatic carboxylic acids is 1. The van der Waals surface area contributed by atoms with E-state index in [-0.39, 0.29) is 18.7 Å². The molecule has 0 fully saturated rings. The molecule has 0 aliphatic heterocycles. The molecule has 1 rings (SSSR count). The van der Waals surface area contributed by atoms with Gasteiger partial charge in [0.2, 0.25) is 5.91 Å². The summed E-state index contributed by atoms with van der Waals surface area (Å²) in [6.07, 6.45) is -0.142. The molecule has 17 heavy (non-hydrogen) atoms. The van der Waals surface area contributed by atoms with Gasteiger partial charge in [-0.2, -0.15) is 0 Å². The first-order valence-electron chi connectivity index (χ1n) is 5.60. The average molecular weight is 235 g/mol. The van der Waals surface area contributed by atoms with Crippen LogP contribution in [0.5, 0.6) is 0 Å². The van der Waals surface area contributed by atoms with Crippen LogP contribution in [-0.2, 0) is 9.59 Å². The summed E-state index contributed by atoms with van der Waals surface area (Å²) in [5, 5.41) is 11.2. The highest BCUT2D eigenvalue weighted by Crippen LogP contribution is 2.18. The zero-order valence-corrected chi connectivity index (χ0v) is 10.1. The number of carbonyl (C=O) groups excluding carboxylic acids is 1. The van der Waals surface area contributed by atoms with Crippen LogP contribution in [0.25, 0.3) is 0 Å². The fraction of sp³-hybridized carbons (Fsp3) is 0.385. The highest BCUT2D eigenvalue weighted by atomic mass is 16.4. The summed E-state index contributed by atoms with van der Waals surface area (Å²) in [5.41, 5.74) is 1.85. The predicted molar refractivity (Wildman–Crippen MR) is 66.0 cm³/mol. The molecule has 1 amide bonds. The van der Waals surface area contributed by atoms with Crippen molar-refractivity contribution in [3.05, 3.63) is 29.8 Å². The van der Waals surface area contributed by atoms with Gasteiger partial charge in [-0.05, 0) is 23.6 Å². The maximum atomic E-state index is 11.4. The van der Waals surface area contributed by atoms with Crippen molar-refractivity contribution in [2.75, 3.05) is 5.32 Å². The van der Waals surface area contributed by atoms with Crippen molar-refractivity contribution < 1.29 is 14.7 Å². The number of anilines is 1. The van der Waals surface area contributed by atoms with E-state index in [1.165, 1.54) is 0 Å². The zero-order valence-electron chi connectivity index (χ0n) is 10.1. The number of benzene rings is 1. The molecule has 2 N–H and O–H groups in total. The van der Waals surface area contributed by atoms with Crippen LogP contribution in [0, 0.1) is 0 Å². The van der Waals surface area contributed by atoms with E-state index in [2.05, 4.69) is 19.2 Å². The van der Waals surface area contributed by atoms with Crippen LogP contribution in [0.3, 0.4) is 0 Å². The minimum absolute atomic E-state index is 0.00123. The fourth-order valence-electron chi connectivity index (χ4n) is 1.42. The van der Waals surface area contributed by atoms with Crippen molar-refractivity contribution in [2.24, 2.45) is 0 Å². The van der Waals surface area contributed by atoms with Crippen LogP contribution >= 0.6 is 0 Å². The minimum Gasteiger partial charge on any atom is -0.481 e. The Balaban J connectivity index is 2.59. The highest BCUT2D eigenvalue weighted by Gasteiger charge is 2.06. The molecule has 0 unspecified atom stereocenters.